The van der Waals surface area contributed by atoms with Gasteiger partial charge in [-0.2, -0.15) is 0 Å². The minimum atomic E-state index is 0.636. The lowest BCUT2D eigenvalue weighted by atomic mass is 10.1. The van der Waals surface area contributed by atoms with Gasteiger partial charge in [-0.15, -0.1) is 0 Å². The molecule has 0 aliphatic carbocycles. The van der Waals surface area contributed by atoms with Crippen molar-refractivity contribution in [3.8, 4) is 22.5 Å². The topological polar surface area (TPSA) is 47.1 Å². The summed E-state index contributed by atoms with van der Waals surface area (Å²) in [7, 11) is 1.68. The number of H-pyrrole nitrogens is 1. The third-order valence-corrected chi connectivity index (χ3v) is 4.00. The van der Waals surface area contributed by atoms with Crippen LogP contribution >= 0.6 is 0 Å². The van der Waals surface area contributed by atoms with E-state index >= 15 is 0 Å². The second-order valence-electron chi connectivity index (χ2n) is 5.85. The van der Waals surface area contributed by atoms with Gasteiger partial charge in [-0.05, 0) is 6.42 Å². The molecular formula is C21H24N2O2. The highest BCUT2D eigenvalue weighted by atomic mass is 16.5. The van der Waals surface area contributed by atoms with Crippen molar-refractivity contribution in [1.29, 1.82) is 0 Å². The number of hydrogen-bond donors (Lipinski definition) is 1. The number of imidazole rings is 1. The molecule has 0 radical (unpaired) electrons. The van der Waals surface area contributed by atoms with Gasteiger partial charge in [0.1, 0.15) is 5.82 Å². The number of hydrogen-bond acceptors (Lipinski definition) is 3. The molecule has 1 aromatic heterocycles. The van der Waals surface area contributed by atoms with E-state index in [0.29, 0.717) is 19.8 Å². The molecule has 0 unspecified atom stereocenters. The van der Waals surface area contributed by atoms with E-state index in [4.69, 9.17) is 14.5 Å². The number of nitrogens with zero attached hydrogens (tertiary/aromatic N) is 1. The first kappa shape index (κ1) is 17.4. The number of nitrogens with one attached hydrogen (secondary N) is 1. The van der Waals surface area contributed by atoms with Gasteiger partial charge in [0, 0.05) is 31.3 Å². The number of rotatable bonds is 9. The standard InChI is InChI=1S/C21H24N2O2/c1-24-15-16-25-14-8-13-19-22-20(17-9-4-2-5-10-17)21(23-19)18-11-6-3-7-12-18/h2-7,9-12H,8,13-16H2,1H3,(H,22,23). The van der Waals surface area contributed by atoms with Crippen LogP contribution in [0.1, 0.15) is 12.2 Å². The molecule has 0 spiro atoms. The second-order valence-corrected chi connectivity index (χ2v) is 5.85. The highest BCUT2D eigenvalue weighted by Gasteiger charge is 2.13. The van der Waals surface area contributed by atoms with E-state index in [1.54, 1.807) is 7.11 Å². The Kier molecular flexibility index (Phi) is 6.37. The Morgan fingerprint density at radius 2 is 1.52 bits per heavy atom. The number of aromatic amines is 1. The Morgan fingerprint density at radius 1 is 0.840 bits per heavy atom. The van der Waals surface area contributed by atoms with Gasteiger partial charge < -0.3 is 14.5 Å². The summed E-state index contributed by atoms with van der Waals surface area (Å²) in [5, 5.41) is 0. The smallest absolute Gasteiger partial charge is 0.107 e. The predicted octanol–water partition coefficient (Wildman–Crippen LogP) is 4.34. The van der Waals surface area contributed by atoms with Gasteiger partial charge in [0.05, 0.1) is 24.6 Å². The summed E-state index contributed by atoms with van der Waals surface area (Å²) in [6, 6.07) is 20.7. The average molecular weight is 336 g/mol. The molecule has 1 heterocycles. The summed E-state index contributed by atoms with van der Waals surface area (Å²) in [5.41, 5.74) is 4.35. The van der Waals surface area contributed by atoms with Crippen molar-refractivity contribution in [1.82, 2.24) is 9.97 Å². The van der Waals surface area contributed by atoms with Crippen LogP contribution in [0.15, 0.2) is 60.7 Å². The summed E-state index contributed by atoms with van der Waals surface area (Å²) < 4.78 is 10.5. The Labute approximate surface area is 148 Å². The number of aromatic nitrogens is 2. The first-order valence-corrected chi connectivity index (χ1v) is 8.65. The molecule has 25 heavy (non-hydrogen) atoms. The summed E-state index contributed by atoms with van der Waals surface area (Å²) in [5.74, 6) is 0.994. The molecule has 2 aromatic carbocycles. The van der Waals surface area contributed by atoms with Crippen molar-refractivity contribution in [3.63, 3.8) is 0 Å². The fourth-order valence-corrected chi connectivity index (χ4v) is 2.75. The highest BCUT2D eigenvalue weighted by Crippen LogP contribution is 2.30. The van der Waals surface area contributed by atoms with Crippen molar-refractivity contribution < 1.29 is 9.47 Å². The van der Waals surface area contributed by atoms with Crippen LogP contribution in [0.3, 0.4) is 0 Å². The van der Waals surface area contributed by atoms with E-state index in [2.05, 4.69) is 29.2 Å². The normalized spacial score (nSPS) is 10.9. The third-order valence-electron chi connectivity index (χ3n) is 4.00. The zero-order valence-electron chi connectivity index (χ0n) is 14.6. The maximum Gasteiger partial charge on any atom is 0.107 e. The molecule has 0 aliphatic heterocycles. The molecule has 4 heteroatoms. The van der Waals surface area contributed by atoms with E-state index < -0.39 is 0 Å². The summed E-state index contributed by atoms with van der Waals surface area (Å²) >= 11 is 0. The summed E-state index contributed by atoms with van der Waals surface area (Å²) in [6.45, 7) is 1.99. The Bertz CT molecular complexity index is 697. The lowest BCUT2D eigenvalue weighted by Crippen LogP contribution is -2.04. The van der Waals surface area contributed by atoms with E-state index in [9.17, 15) is 0 Å². The predicted molar refractivity (Wildman–Crippen MR) is 100 cm³/mol. The lowest BCUT2D eigenvalue weighted by molar-refractivity contribution is 0.0694. The minimum absolute atomic E-state index is 0.636. The van der Waals surface area contributed by atoms with Crippen molar-refractivity contribution in [3.05, 3.63) is 66.5 Å². The van der Waals surface area contributed by atoms with Gasteiger partial charge in [0.15, 0.2) is 0 Å². The van der Waals surface area contributed by atoms with Crippen molar-refractivity contribution in [2.45, 2.75) is 12.8 Å². The number of methoxy groups -OCH3 is 1. The fraction of sp³-hybridized carbons (Fsp3) is 0.286. The molecule has 3 aromatic rings. The third kappa shape index (κ3) is 4.78. The summed E-state index contributed by atoms with van der Waals surface area (Å²) in [4.78, 5) is 8.36. The SMILES string of the molecule is COCCOCCCc1nc(-c2ccccc2)c(-c2ccccc2)[nH]1. The number of benzene rings is 2. The molecule has 0 atom stereocenters. The van der Waals surface area contributed by atoms with Crippen LogP contribution in [-0.4, -0.2) is 36.9 Å². The van der Waals surface area contributed by atoms with E-state index in [1.807, 2.05) is 36.4 Å². The van der Waals surface area contributed by atoms with Crippen LogP contribution in [0.2, 0.25) is 0 Å². The Hall–Kier alpha value is -2.43. The van der Waals surface area contributed by atoms with Crippen molar-refractivity contribution in [2.75, 3.05) is 26.9 Å². The van der Waals surface area contributed by atoms with Crippen molar-refractivity contribution >= 4 is 0 Å². The van der Waals surface area contributed by atoms with Crippen LogP contribution in [0.25, 0.3) is 22.5 Å². The quantitative estimate of drug-likeness (QED) is 0.591. The van der Waals surface area contributed by atoms with Crippen molar-refractivity contribution in [2.24, 2.45) is 0 Å². The van der Waals surface area contributed by atoms with Crippen LogP contribution < -0.4 is 0 Å². The van der Waals surface area contributed by atoms with Gasteiger partial charge in [-0.1, -0.05) is 60.7 Å². The highest BCUT2D eigenvalue weighted by molar-refractivity contribution is 5.78. The van der Waals surface area contributed by atoms with Gasteiger partial charge >= 0.3 is 0 Å². The zero-order valence-corrected chi connectivity index (χ0v) is 14.6. The Balaban J connectivity index is 1.76. The molecule has 0 saturated heterocycles. The van der Waals surface area contributed by atoms with Gasteiger partial charge in [0.25, 0.3) is 0 Å². The minimum Gasteiger partial charge on any atom is -0.382 e. The van der Waals surface area contributed by atoms with Gasteiger partial charge in [0.2, 0.25) is 0 Å². The van der Waals surface area contributed by atoms with E-state index in [1.165, 1.54) is 0 Å². The molecule has 4 nitrogen and oxygen atoms in total. The van der Waals surface area contributed by atoms with E-state index in [0.717, 1.165) is 41.2 Å². The van der Waals surface area contributed by atoms with Crippen LogP contribution in [-0.2, 0) is 15.9 Å². The first-order chi connectivity index (χ1) is 12.4. The molecule has 0 aliphatic rings. The average Bonchev–Trinajstić information content (AvgIpc) is 3.10. The molecule has 1 N–H and O–H groups in total. The number of aryl methyl sites for hydroxylation is 1. The molecule has 0 fully saturated rings. The lowest BCUT2D eigenvalue weighted by Gasteiger charge is -2.02. The van der Waals surface area contributed by atoms with E-state index in [-0.39, 0.29) is 0 Å². The largest absolute Gasteiger partial charge is 0.382 e. The Morgan fingerprint density at radius 3 is 2.20 bits per heavy atom. The first-order valence-electron chi connectivity index (χ1n) is 8.65. The monoisotopic (exact) mass is 336 g/mol. The van der Waals surface area contributed by atoms with Crippen LogP contribution in [0.4, 0.5) is 0 Å². The molecule has 0 bridgehead atoms. The van der Waals surface area contributed by atoms with Crippen LogP contribution in [0.5, 0.6) is 0 Å². The molecule has 0 amide bonds. The van der Waals surface area contributed by atoms with Crippen LogP contribution in [0, 0.1) is 0 Å². The molecular weight excluding hydrogens is 312 g/mol. The summed E-state index contributed by atoms with van der Waals surface area (Å²) in [6.07, 6.45) is 1.79. The van der Waals surface area contributed by atoms with Gasteiger partial charge in [-0.25, -0.2) is 4.98 Å². The maximum absolute atomic E-state index is 5.54. The molecule has 3 rings (SSSR count). The fourth-order valence-electron chi connectivity index (χ4n) is 2.75. The zero-order chi connectivity index (χ0) is 17.3. The molecule has 0 saturated carbocycles. The number of ether oxygens (including phenoxy) is 2. The maximum atomic E-state index is 5.54. The van der Waals surface area contributed by atoms with Gasteiger partial charge in [-0.3, -0.25) is 0 Å². The second kappa shape index (κ2) is 9.16. The molecule has 130 valence electrons.